The molecule has 0 fully saturated rings. The van der Waals surface area contributed by atoms with Crippen molar-refractivity contribution in [3.63, 3.8) is 0 Å². The molecule has 0 aliphatic rings. The predicted molar refractivity (Wildman–Crippen MR) is 76.6 cm³/mol. The fourth-order valence-electron chi connectivity index (χ4n) is 1.52. The van der Waals surface area contributed by atoms with Crippen LogP contribution in [0.2, 0.25) is 0 Å². The van der Waals surface area contributed by atoms with Crippen LogP contribution in [0.25, 0.3) is 0 Å². The summed E-state index contributed by atoms with van der Waals surface area (Å²) in [6, 6.07) is 19.9. The van der Waals surface area contributed by atoms with E-state index >= 15 is 0 Å². The molecule has 2 rings (SSSR count). The highest BCUT2D eigenvalue weighted by Crippen LogP contribution is 2.26. The zero-order valence-corrected chi connectivity index (χ0v) is 10.3. The summed E-state index contributed by atoms with van der Waals surface area (Å²) in [5.74, 6) is 0. The van der Waals surface area contributed by atoms with Crippen molar-refractivity contribution in [2.45, 2.75) is 0 Å². The van der Waals surface area contributed by atoms with E-state index in [4.69, 9.17) is 12.2 Å². The average Bonchev–Trinajstić information content (AvgIpc) is 2.31. The minimum atomic E-state index is 0.539. The lowest BCUT2D eigenvalue weighted by molar-refractivity contribution is 1.39. The number of thiol groups is 1. The normalized spacial score (nSPS) is 9.81. The van der Waals surface area contributed by atoms with Gasteiger partial charge in [0.25, 0.3) is 0 Å². The van der Waals surface area contributed by atoms with Gasteiger partial charge in [0, 0.05) is 11.4 Å². The predicted octanol–water partition coefficient (Wildman–Crippen LogP) is 4.04. The zero-order valence-electron chi connectivity index (χ0n) is 8.58. The second kappa shape index (κ2) is 5.14. The molecule has 0 spiro atoms. The summed E-state index contributed by atoms with van der Waals surface area (Å²) < 4.78 is 0.539. The van der Waals surface area contributed by atoms with Crippen LogP contribution in [-0.2, 0) is 0 Å². The van der Waals surface area contributed by atoms with Gasteiger partial charge in [0.05, 0.1) is 0 Å². The number of benzene rings is 2. The molecule has 0 aliphatic carbocycles. The van der Waals surface area contributed by atoms with Crippen molar-refractivity contribution in [1.82, 2.24) is 0 Å². The van der Waals surface area contributed by atoms with E-state index in [0.717, 1.165) is 11.4 Å². The molecular weight excluding hydrogens is 234 g/mol. The lowest BCUT2D eigenvalue weighted by Crippen LogP contribution is -2.18. The number of hydrogen-bond acceptors (Lipinski definition) is 1. The summed E-state index contributed by atoms with van der Waals surface area (Å²) in [6.45, 7) is 0. The Morgan fingerprint density at radius 2 is 1.19 bits per heavy atom. The standard InChI is InChI=1S/C13H11NS2/c15-13(16)14(11-7-3-1-4-8-11)12-9-5-2-6-10-12/h1-10H,(H,15,16). The molecule has 0 N–H and O–H groups in total. The molecule has 1 nitrogen and oxygen atoms in total. The van der Waals surface area contributed by atoms with E-state index in [2.05, 4.69) is 12.6 Å². The molecule has 0 heterocycles. The number of nitrogens with zero attached hydrogens (tertiary/aromatic N) is 1. The Morgan fingerprint density at radius 1 is 0.812 bits per heavy atom. The second-order valence-corrected chi connectivity index (χ2v) is 4.40. The molecule has 0 saturated carbocycles. The summed E-state index contributed by atoms with van der Waals surface area (Å²) in [5.41, 5.74) is 2.04. The lowest BCUT2D eigenvalue weighted by atomic mass is 10.2. The van der Waals surface area contributed by atoms with E-state index in [1.807, 2.05) is 65.6 Å². The Labute approximate surface area is 106 Å². The van der Waals surface area contributed by atoms with E-state index in [1.165, 1.54) is 0 Å². The Hall–Kier alpha value is -1.32. The van der Waals surface area contributed by atoms with E-state index < -0.39 is 0 Å². The molecule has 80 valence electrons. The van der Waals surface area contributed by atoms with Crippen molar-refractivity contribution >= 4 is 40.5 Å². The van der Waals surface area contributed by atoms with Crippen LogP contribution in [0, 0.1) is 0 Å². The summed E-state index contributed by atoms with van der Waals surface area (Å²) in [4.78, 5) is 1.93. The molecule has 0 unspecified atom stereocenters. The highest BCUT2D eigenvalue weighted by atomic mass is 32.1. The maximum absolute atomic E-state index is 5.17. The van der Waals surface area contributed by atoms with Gasteiger partial charge in [-0.15, -0.1) is 12.6 Å². The highest BCUT2D eigenvalue weighted by Gasteiger charge is 2.10. The second-order valence-electron chi connectivity index (χ2n) is 3.29. The van der Waals surface area contributed by atoms with E-state index in [0.29, 0.717) is 4.32 Å². The van der Waals surface area contributed by atoms with E-state index in [9.17, 15) is 0 Å². The first-order chi connectivity index (χ1) is 7.79. The molecule has 0 atom stereocenters. The van der Waals surface area contributed by atoms with Gasteiger partial charge >= 0.3 is 0 Å². The first-order valence-electron chi connectivity index (χ1n) is 4.92. The molecule has 0 radical (unpaired) electrons. The molecule has 3 heteroatoms. The Morgan fingerprint density at radius 3 is 1.50 bits per heavy atom. The van der Waals surface area contributed by atoms with Crippen molar-refractivity contribution < 1.29 is 0 Å². The zero-order chi connectivity index (χ0) is 11.4. The van der Waals surface area contributed by atoms with Crippen LogP contribution in [-0.4, -0.2) is 4.32 Å². The van der Waals surface area contributed by atoms with Crippen molar-refractivity contribution in [2.75, 3.05) is 4.90 Å². The monoisotopic (exact) mass is 245 g/mol. The molecule has 2 aromatic carbocycles. The number of thiocarbonyl (C=S) groups is 1. The third-order valence-corrected chi connectivity index (χ3v) is 2.60. The number of para-hydroxylation sites is 2. The maximum atomic E-state index is 5.17. The lowest BCUT2D eigenvalue weighted by Gasteiger charge is -2.22. The number of anilines is 2. The number of rotatable bonds is 2. The van der Waals surface area contributed by atoms with Crippen LogP contribution in [0.5, 0.6) is 0 Å². The molecule has 0 saturated heterocycles. The van der Waals surface area contributed by atoms with Crippen LogP contribution in [0.1, 0.15) is 0 Å². The molecule has 0 aromatic heterocycles. The van der Waals surface area contributed by atoms with Gasteiger partial charge in [-0.25, -0.2) is 0 Å². The molecule has 0 amide bonds. The number of hydrogen-bond donors (Lipinski definition) is 1. The van der Waals surface area contributed by atoms with Crippen molar-refractivity contribution in [3.8, 4) is 0 Å². The Balaban J connectivity index is 2.44. The minimum Gasteiger partial charge on any atom is -0.296 e. The van der Waals surface area contributed by atoms with Gasteiger partial charge in [-0.05, 0) is 24.3 Å². The first-order valence-corrected chi connectivity index (χ1v) is 5.78. The van der Waals surface area contributed by atoms with Gasteiger partial charge in [-0.3, -0.25) is 4.90 Å². The molecule has 16 heavy (non-hydrogen) atoms. The van der Waals surface area contributed by atoms with Crippen LogP contribution >= 0.6 is 24.8 Å². The van der Waals surface area contributed by atoms with E-state index in [1.54, 1.807) is 0 Å². The quantitative estimate of drug-likeness (QED) is 0.628. The minimum absolute atomic E-state index is 0.539. The highest BCUT2D eigenvalue weighted by molar-refractivity contribution is 8.11. The van der Waals surface area contributed by atoms with Crippen molar-refractivity contribution in [3.05, 3.63) is 60.7 Å². The molecule has 0 bridgehead atoms. The average molecular weight is 245 g/mol. The fraction of sp³-hybridized carbons (Fsp3) is 0. The summed E-state index contributed by atoms with van der Waals surface area (Å²) >= 11 is 9.44. The molecule has 2 aromatic rings. The topological polar surface area (TPSA) is 3.24 Å². The van der Waals surface area contributed by atoms with Gasteiger partial charge in [0.1, 0.15) is 4.32 Å². The fourth-order valence-corrected chi connectivity index (χ4v) is 1.97. The smallest absolute Gasteiger partial charge is 0.142 e. The maximum Gasteiger partial charge on any atom is 0.142 e. The Kier molecular flexibility index (Phi) is 3.59. The van der Waals surface area contributed by atoms with Gasteiger partial charge < -0.3 is 0 Å². The molecular formula is C13H11NS2. The van der Waals surface area contributed by atoms with Crippen LogP contribution in [0.4, 0.5) is 11.4 Å². The van der Waals surface area contributed by atoms with Gasteiger partial charge in [-0.1, -0.05) is 48.6 Å². The van der Waals surface area contributed by atoms with E-state index in [-0.39, 0.29) is 0 Å². The van der Waals surface area contributed by atoms with Crippen molar-refractivity contribution in [1.29, 1.82) is 0 Å². The summed E-state index contributed by atoms with van der Waals surface area (Å²) in [7, 11) is 0. The Bertz CT molecular complexity index is 428. The van der Waals surface area contributed by atoms with Gasteiger partial charge in [-0.2, -0.15) is 0 Å². The van der Waals surface area contributed by atoms with Crippen molar-refractivity contribution in [2.24, 2.45) is 0 Å². The van der Waals surface area contributed by atoms with Crippen LogP contribution in [0.3, 0.4) is 0 Å². The largest absolute Gasteiger partial charge is 0.296 e. The van der Waals surface area contributed by atoms with Crippen LogP contribution < -0.4 is 4.90 Å². The van der Waals surface area contributed by atoms with Crippen LogP contribution in [0.15, 0.2) is 60.7 Å². The third-order valence-electron chi connectivity index (χ3n) is 2.22. The van der Waals surface area contributed by atoms with Gasteiger partial charge in [0.2, 0.25) is 0 Å². The first kappa shape index (κ1) is 11.2. The summed E-state index contributed by atoms with van der Waals surface area (Å²) in [5, 5.41) is 0. The summed E-state index contributed by atoms with van der Waals surface area (Å²) in [6.07, 6.45) is 0. The molecule has 0 aliphatic heterocycles. The SMILES string of the molecule is S=C(S)N(c1ccccc1)c1ccccc1. The third kappa shape index (κ3) is 2.43. The van der Waals surface area contributed by atoms with Gasteiger partial charge in [0.15, 0.2) is 0 Å².